The zero-order valence-electron chi connectivity index (χ0n) is 31.1. The fourth-order valence-corrected chi connectivity index (χ4v) is 7.04. The number of ketones is 2. The maximum atomic E-state index is 11.8. The van der Waals surface area contributed by atoms with Gasteiger partial charge in [-0.15, -0.1) is 0 Å². The normalized spacial score (nSPS) is 17.8. The van der Waals surface area contributed by atoms with Gasteiger partial charge in [0, 0.05) is 43.6 Å². The van der Waals surface area contributed by atoms with Gasteiger partial charge in [-0.1, -0.05) is 0 Å². The first kappa shape index (κ1) is 37.4. The molecule has 0 aromatic carbocycles. The highest BCUT2D eigenvalue weighted by Gasteiger charge is 2.48. The van der Waals surface area contributed by atoms with Crippen molar-refractivity contribution in [1.29, 1.82) is 0 Å². The Morgan fingerprint density at radius 3 is 1.53 bits per heavy atom. The molecule has 0 aliphatic carbocycles. The largest absolute Gasteiger partial charge is 0.424 e. The first-order valence-corrected chi connectivity index (χ1v) is 16.6. The van der Waals surface area contributed by atoms with Crippen LogP contribution in [0.3, 0.4) is 0 Å². The summed E-state index contributed by atoms with van der Waals surface area (Å²) in [6.45, 7) is 26.5. The number of aliphatic hydroxyl groups is 1. The second-order valence-corrected chi connectivity index (χ2v) is 14.5. The van der Waals surface area contributed by atoms with Crippen LogP contribution in [-0.2, 0) is 43.7 Å². The first-order chi connectivity index (χ1) is 22.5. The van der Waals surface area contributed by atoms with Crippen molar-refractivity contribution in [3.05, 3.63) is 50.9 Å². The second kappa shape index (κ2) is 12.5. The summed E-state index contributed by atoms with van der Waals surface area (Å²) in [5, 5.41) is 9.85. The van der Waals surface area contributed by atoms with E-state index in [-0.39, 0.29) is 29.5 Å². The quantitative estimate of drug-likeness (QED) is 0.244. The van der Waals surface area contributed by atoms with Gasteiger partial charge in [0.25, 0.3) is 0 Å². The molecule has 1 unspecified atom stereocenters. The topological polar surface area (TPSA) is 159 Å². The average Bonchev–Trinajstić information content (AvgIpc) is 3.75. The molecule has 266 valence electrons. The highest BCUT2D eigenvalue weighted by atomic mass is 16.6. The van der Waals surface area contributed by atoms with Crippen LogP contribution in [0.4, 0.5) is 0 Å². The second-order valence-electron chi connectivity index (χ2n) is 14.5. The molecule has 0 saturated carbocycles. The van der Waals surface area contributed by atoms with Crippen LogP contribution in [0.15, 0.2) is 0 Å². The molecule has 0 radical (unpaired) electrons. The summed E-state index contributed by atoms with van der Waals surface area (Å²) < 4.78 is 19.7. The third-order valence-corrected chi connectivity index (χ3v) is 9.78. The molecule has 6 heterocycles. The average molecular weight is 680 g/mol. The molecule has 12 heteroatoms. The lowest BCUT2D eigenvalue weighted by molar-refractivity contribution is -0.138. The predicted molar refractivity (Wildman–Crippen MR) is 182 cm³/mol. The Labute approximate surface area is 287 Å². The molecule has 3 aromatic rings. The van der Waals surface area contributed by atoms with E-state index in [4.69, 9.17) is 14.2 Å². The molecule has 3 aliphatic rings. The number of esters is 3. The van der Waals surface area contributed by atoms with Gasteiger partial charge in [0.15, 0.2) is 28.8 Å². The van der Waals surface area contributed by atoms with Crippen molar-refractivity contribution in [2.45, 2.75) is 132 Å². The summed E-state index contributed by atoms with van der Waals surface area (Å²) >= 11 is 0. The van der Waals surface area contributed by atoms with Gasteiger partial charge in [-0.2, -0.15) is 0 Å². The van der Waals surface area contributed by atoms with Crippen LogP contribution < -0.4 is 14.2 Å². The summed E-state index contributed by atoms with van der Waals surface area (Å²) in [5.74, 6) is 0.953. The van der Waals surface area contributed by atoms with E-state index in [9.17, 15) is 29.1 Å². The van der Waals surface area contributed by atoms with Crippen molar-refractivity contribution in [2.24, 2.45) is 0 Å². The van der Waals surface area contributed by atoms with E-state index in [0.29, 0.717) is 40.9 Å². The molecule has 0 saturated heterocycles. The van der Waals surface area contributed by atoms with Crippen molar-refractivity contribution in [3.63, 3.8) is 0 Å². The van der Waals surface area contributed by atoms with Crippen LogP contribution in [0.5, 0.6) is 17.2 Å². The van der Waals surface area contributed by atoms with E-state index in [0.717, 1.165) is 40.3 Å². The van der Waals surface area contributed by atoms with Crippen molar-refractivity contribution in [2.75, 3.05) is 0 Å². The van der Waals surface area contributed by atoms with E-state index in [1.54, 1.807) is 34.6 Å². The number of rotatable bonds is 5. The Hall–Kier alpha value is -4.45. The number of H-pyrrole nitrogens is 1. The number of carbonyl (C=O) groups excluding carboxylic acids is 5. The molecule has 49 heavy (non-hydrogen) atoms. The van der Waals surface area contributed by atoms with Crippen molar-refractivity contribution in [1.82, 2.24) is 14.1 Å². The number of nitrogens with one attached hydrogen (secondary N) is 1. The molecular weight excluding hydrogens is 630 g/mol. The Kier molecular flexibility index (Phi) is 9.50. The van der Waals surface area contributed by atoms with Gasteiger partial charge in [-0.05, 0) is 83.1 Å². The summed E-state index contributed by atoms with van der Waals surface area (Å²) in [7, 11) is 0. The van der Waals surface area contributed by atoms with Gasteiger partial charge in [0.05, 0.1) is 40.3 Å². The molecule has 2 N–H and O–H groups in total. The lowest BCUT2D eigenvalue weighted by Gasteiger charge is -2.19. The molecule has 0 spiro atoms. The minimum atomic E-state index is -0.687. The third kappa shape index (κ3) is 5.63. The van der Waals surface area contributed by atoms with Gasteiger partial charge in [0.2, 0.25) is 0 Å². The maximum absolute atomic E-state index is 11.8. The Balaban J connectivity index is 0.000000166. The number of aromatic amines is 1. The molecule has 0 amide bonds. The van der Waals surface area contributed by atoms with Gasteiger partial charge in [0.1, 0.15) is 16.2 Å². The Morgan fingerprint density at radius 2 is 1.12 bits per heavy atom. The minimum Gasteiger partial charge on any atom is -0.424 e. The van der Waals surface area contributed by atoms with Crippen LogP contribution in [0.25, 0.3) is 0 Å². The highest BCUT2D eigenvalue weighted by molar-refractivity contribution is 5.99. The fraction of sp³-hybridized carbons (Fsp3) is 0.541. The summed E-state index contributed by atoms with van der Waals surface area (Å²) in [6, 6.07) is 0. The van der Waals surface area contributed by atoms with Crippen LogP contribution >= 0.6 is 0 Å². The van der Waals surface area contributed by atoms with Crippen LogP contribution in [0.2, 0.25) is 0 Å². The fourth-order valence-electron chi connectivity index (χ4n) is 7.04. The highest BCUT2D eigenvalue weighted by Crippen LogP contribution is 2.47. The van der Waals surface area contributed by atoms with Crippen molar-refractivity contribution < 1.29 is 43.3 Å². The van der Waals surface area contributed by atoms with Crippen LogP contribution in [0, 0.1) is 20.8 Å². The zero-order valence-corrected chi connectivity index (χ0v) is 31.1. The SMILES string of the molecule is CC(=O)c1[nH]c2c(c1C)OC(=O)C2(C)C.CCn1c(C(C)=O)c(C)c2c1C(C)(C)C(=O)O2.CCn1c(C(C)O)c(C)c2c1C(C)(C)C(=O)O2. The van der Waals surface area contributed by atoms with Crippen molar-refractivity contribution >= 4 is 29.5 Å². The standard InChI is InChI=1S/C13H19NO3.C13H17NO3.C11H13NO3/c2*1-6-14-9(8(3)15)7(2)10-11(14)13(4,5)12(16)17-10;1-5-7(6(2)13)12-9-8(5)15-10(14)11(9,3)4/h8,15H,6H2,1-5H3;6H2,1-5H3;12H,1-4H3. The number of hydrogen-bond acceptors (Lipinski definition) is 9. The van der Waals surface area contributed by atoms with Gasteiger partial charge in [-0.3, -0.25) is 24.0 Å². The lowest BCUT2D eigenvalue weighted by atomic mass is 9.91. The maximum Gasteiger partial charge on any atom is 0.323 e. The number of aromatic nitrogens is 3. The van der Waals surface area contributed by atoms with Crippen molar-refractivity contribution in [3.8, 4) is 17.2 Å². The first-order valence-electron chi connectivity index (χ1n) is 16.6. The molecule has 1 atom stereocenters. The third-order valence-electron chi connectivity index (χ3n) is 9.78. The van der Waals surface area contributed by atoms with Gasteiger partial charge in [-0.25, -0.2) is 0 Å². The molecular formula is C37H49N3O9. The smallest absolute Gasteiger partial charge is 0.323 e. The molecule has 12 nitrogen and oxygen atoms in total. The Morgan fingerprint density at radius 1 is 0.694 bits per heavy atom. The van der Waals surface area contributed by atoms with Gasteiger partial charge >= 0.3 is 17.9 Å². The number of ether oxygens (including phenoxy) is 3. The van der Waals surface area contributed by atoms with Crippen LogP contribution in [0.1, 0.15) is 143 Å². The van der Waals surface area contributed by atoms with E-state index in [1.165, 1.54) is 6.92 Å². The van der Waals surface area contributed by atoms with Crippen LogP contribution in [-0.4, -0.2) is 48.7 Å². The number of nitrogens with zero attached hydrogens (tertiary/aromatic N) is 2. The summed E-state index contributed by atoms with van der Waals surface area (Å²) in [5.41, 5.74) is 4.81. The number of carbonyl (C=O) groups is 5. The molecule has 0 fully saturated rings. The number of hydrogen-bond donors (Lipinski definition) is 2. The molecule has 3 aromatic heterocycles. The van der Waals surface area contributed by atoms with E-state index < -0.39 is 22.3 Å². The minimum absolute atomic E-state index is 0.00518. The van der Waals surface area contributed by atoms with E-state index >= 15 is 0 Å². The molecule has 3 aliphatic heterocycles. The molecule has 0 bridgehead atoms. The lowest BCUT2D eigenvalue weighted by Crippen LogP contribution is -2.29. The number of aliphatic hydroxyl groups excluding tert-OH is 1. The summed E-state index contributed by atoms with van der Waals surface area (Å²) in [4.78, 5) is 61.1. The zero-order chi connectivity index (χ0) is 37.3. The van der Waals surface area contributed by atoms with E-state index in [2.05, 4.69) is 4.98 Å². The number of fused-ring (bicyclic) bond motifs is 3. The molecule has 6 rings (SSSR count). The van der Waals surface area contributed by atoms with E-state index in [1.807, 2.05) is 64.5 Å². The summed E-state index contributed by atoms with van der Waals surface area (Å²) in [6.07, 6.45) is -0.560. The monoisotopic (exact) mass is 679 g/mol. The van der Waals surface area contributed by atoms with Gasteiger partial charge < -0.3 is 33.4 Å². The number of Topliss-reactive ketones (excluding diaryl/α,β-unsaturated/α-hetero) is 2. The predicted octanol–water partition coefficient (Wildman–Crippen LogP) is 6.00. The Bertz CT molecular complexity index is 1910.